The Labute approximate surface area is 113 Å². The van der Waals surface area contributed by atoms with E-state index < -0.39 is 0 Å². The molecule has 0 saturated carbocycles. The molecule has 2 N–H and O–H groups in total. The molecule has 0 bridgehead atoms. The molecule has 0 aliphatic carbocycles. The lowest BCUT2D eigenvalue weighted by atomic mass is 10.1. The zero-order valence-electron chi connectivity index (χ0n) is 10.5. The summed E-state index contributed by atoms with van der Waals surface area (Å²) in [6.45, 7) is 1.43. The van der Waals surface area contributed by atoms with Gasteiger partial charge in [0.25, 0.3) is 0 Å². The van der Waals surface area contributed by atoms with Crippen LogP contribution in [0.2, 0.25) is 5.02 Å². The van der Waals surface area contributed by atoms with E-state index in [0.29, 0.717) is 23.7 Å². The van der Waals surface area contributed by atoms with Crippen molar-refractivity contribution in [3.8, 4) is 0 Å². The molecule has 4 heteroatoms. The molecule has 0 unspecified atom stereocenters. The van der Waals surface area contributed by atoms with Gasteiger partial charge in [-0.1, -0.05) is 30.5 Å². The van der Waals surface area contributed by atoms with Gasteiger partial charge in [-0.05, 0) is 30.5 Å². The van der Waals surface area contributed by atoms with Crippen LogP contribution in [0.15, 0.2) is 18.2 Å². The summed E-state index contributed by atoms with van der Waals surface area (Å²) in [5, 5.41) is 0.634. The lowest BCUT2D eigenvalue weighted by molar-refractivity contribution is -0.132. The van der Waals surface area contributed by atoms with Crippen LogP contribution in [0, 0.1) is 0 Å². The van der Waals surface area contributed by atoms with Crippen LogP contribution in [0.5, 0.6) is 0 Å². The van der Waals surface area contributed by atoms with Crippen LogP contribution in [-0.4, -0.2) is 17.4 Å². The monoisotopic (exact) mass is 266 g/mol. The molecule has 2 rings (SSSR count). The molecule has 1 saturated heterocycles. The smallest absolute Gasteiger partial charge is 0.222 e. The van der Waals surface area contributed by atoms with Gasteiger partial charge in [-0.2, -0.15) is 0 Å². The Morgan fingerprint density at radius 3 is 2.78 bits per heavy atom. The van der Waals surface area contributed by atoms with Gasteiger partial charge >= 0.3 is 0 Å². The average molecular weight is 267 g/mol. The van der Waals surface area contributed by atoms with Crippen LogP contribution in [0.4, 0.5) is 5.69 Å². The van der Waals surface area contributed by atoms with E-state index in [9.17, 15) is 4.79 Å². The van der Waals surface area contributed by atoms with Crippen molar-refractivity contribution >= 4 is 23.2 Å². The molecule has 1 aliphatic rings. The van der Waals surface area contributed by atoms with Crippen LogP contribution in [0.3, 0.4) is 0 Å². The highest BCUT2D eigenvalue weighted by molar-refractivity contribution is 6.30. The molecule has 18 heavy (non-hydrogen) atoms. The number of carbonyl (C=O) groups excluding carboxylic acids is 1. The summed E-state index contributed by atoms with van der Waals surface area (Å²) in [6.07, 6.45) is 5.13. The van der Waals surface area contributed by atoms with E-state index in [-0.39, 0.29) is 5.91 Å². The highest BCUT2D eigenvalue weighted by atomic mass is 35.5. The molecule has 1 fully saturated rings. The number of likely N-dealkylation sites (tertiary alicyclic amines) is 1. The second kappa shape index (κ2) is 6.10. The summed E-state index contributed by atoms with van der Waals surface area (Å²) in [6, 6.07) is 5.47. The van der Waals surface area contributed by atoms with Crippen molar-refractivity contribution in [2.24, 2.45) is 0 Å². The van der Waals surface area contributed by atoms with E-state index in [2.05, 4.69) is 0 Å². The van der Waals surface area contributed by atoms with Crippen molar-refractivity contribution in [1.29, 1.82) is 0 Å². The van der Waals surface area contributed by atoms with Crippen molar-refractivity contribution in [2.45, 2.75) is 38.6 Å². The van der Waals surface area contributed by atoms with Gasteiger partial charge < -0.3 is 10.6 Å². The Kier molecular flexibility index (Phi) is 4.48. The lowest BCUT2D eigenvalue weighted by Crippen LogP contribution is -2.32. The summed E-state index contributed by atoms with van der Waals surface area (Å²) in [4.78, 5) is 13.9. The van der Waals surface area contributed by atoms with E-state index in [4.69, 9.17) is 17.3 Å². The quantitative estimate of drug-likeness (QED) is 0.836. The number of rotatable bonds is 2. The summed E-state index contributed by atoms with van der Waals surface area (Å²) in [7, 11) is 0. The van der Waals surface area contributed by atoms with Gasteiger partial charge in [-0.15, -0.1) is 0 Å². The van der Waals surface area contributed by atoms with Crippen LogP contribution >= 0.6 is 11.6 Å². The minimum Gasteiger partial charge on any atom is -0.398 e. The van der Waals surface area contributed by atoms with Crippen LogP contribution in [0.1, 0.15) is 37.7 Å². The summed E-state index contributed by atoms with van der Waals surface area (Å²) in [5.41, 5.74) is 7.58. The third-order valence-electron chi connectivity index (χ3n) is 3.39. The van der Waals surface area contributed by atoms with Crippen LogP contribution in [0.25, 0.3) is 0 Å². The first kappa shape index (κ1) is 13.2. The topological polar surface area (TPSA) is 46.3 Å². The van der Waals surface area contributed by atoms with E-state index in [1.807, 2.05) is 17.0 Å². The predicted octanol–water partition coefficient (Wildman–Crippen LogP) is 3.21. The second-order valence-electron chi connectivity index (χ2n) is 4.82. The Morgan fingerprint density at radius 1 is 1.22 bits per heavy atom. The molecule has 0 aromatic heterocycles. The predicted molar refractivity (Wildman–Crippen MR) is 74.4 cm³/mol. The fourth-order valence-electron chi connectivity index (χ4n) is 2.30. The van der Waals surface area contributed by atoms with Gasteiger partial charge in [-0.3, -0.25) is 4.79 Å². The minimum atomic E-state index is 0.240. The third kappa shape index (κ3) is 3.39. The van der Waals surface area contributed by atoms with Gasteiger partial charge in [0.2, 0.25) is 5.91 Å². The summed E-state index contributed by atoms with van der Waals surface area (Å²) < 4.78 is 0. The van der Waals surface area contributed by atoms with Crippen LogP contribution in [-0.2, 0) is 11.3 Å². The number of amides is 1. The maximum atomic E-state index is 12.0. The lowest BCUT2D eigenvalue weighted by Gasteiger charge is -2.25. The van der Waals surface area contributed by atoms with E-state index in [1.54, 1.807) is 6.07 Å². The average Bonchev–Trinajstić information content (AvgIpc) is 2.31. The molecular formula is C14H19ClN2O. The van der Waals surface area contributed by atoms with E-state index in [1.165, 1.54) is 12.8 Å². The molecule has 0 atom stereocenters. The van der Waals surface area contributed by atoms with Crippen LogP contribution < -0.4 is 5.73 Å². The maximum Gasteiger partial charge on any atom is 0.222 e. The molecule has 1 heterocycles. The number of benzene rings is 1. The molecule has 0 spiro atoms. The van der Waals surface area contributed by atoms with Gasteiger partial charge in [0, 0.05) is 30.2 Å². The van der Waals surface area contributed by atoms with Gasteiger partial charge in [0.05, 0.1) is 0 Å². The SMILES string of the molecule is Nc1cc(Cl)ccc1CN1CCCCCCC1=O. The number of nitrogen functional groups attached to an aromatic ring is 1. The fourth-order valence-corrected chi connectivity index (χ4v) is 2.48. The first-order valence-electron chi connectivity index (χ1n) is 6.48. The number of hydrogen-bond acceptors (Lipinski definition) is 2. The van der Waals surface area contributed by atoms with Crippen molar-refractivity contribution in [1.82, 2.24) is 4.90 Å². The first-order valence-corrected chi connectivity index (χ1v) is 6.86. The molecule has 3 nitrogen and oxygen atoms in total. The highest BCUT2D eigenvalue weighted by Gasteiger charge is 2.16. The van der Waals surface area contributed by atoms with E-state index >= 15 is 0 Å². The molecule has 1 aliphatic heterocycles. The summed E-state index contributed by atoms with van der Waals surface area (Å²) >= 11 is 5.88. The maximum absolute atomic E-state index is 12.0. The van der Waals surface area contributed by atoms with Crippen molar-refractivity contribution < 1.29 is 4.79 Å². The standard InChI is InChI=1S/C14H19ClN2O/c15-12-7-6-11(13(16)9-12)10-17-8-4-2-1-3-5-14(17)18/h6-7,9H,1-5,8,10,16H2. The number of anilines is 1. The third-order valence-corrected chi connectivity index (χ3v) is 3.63. The van der Waals surface area contributed by atoms with Gasteiger partial charge in [0.15, 0.2) is 0 Å². The normalized spacial score (nSPS) is 17.4. The second-order valence-corrected chi connectivity index (χ2v) is 5.26. The Hall–Kier alpha value is -1.22. The molecule has 98 valence electrons. The largest absolute Gasteiger partial charge is 0.398 e. The minimum absolute atomic E-state index is 0.240. The van der Waals surface area contributed by atoms with Crippen molar-refractivity contribution in [2.75, 3.05) is 12.3 Å². The Balaban J connectivity index is 2.08. The summed E-state index contributed by atoms with van der Waals surface area (Å²) in [5.74, 6) is 0.240. The number of nitrogens with two attached hydrogens (primary N) is 1. The fraction of sp³-hybridized carbons (Fsp3) is 0.500. The Morgan fingerprint density at radius 2 is 2.00 bits per heavy atom. The van der Waals surface area contributed by atoms with Crippen molar-refractivity contribution in [3.63, 3.8) is 0 Å². The number of nitrogens with zero attached hydrogens (tertiary/aromatic N) is 1. The number of carbonyl (C=O) groups is 1. The molecule has 1 aromatic carbocycles. The number of halogens is 1. The van der Waals surface area contributed by atoms with E-state index in [0.717, 1.165) is 24.9 Å². The highest BCUT2D eigenvalue weighted by Crippen LogP contribution is 2.21. The molecule has 1 aromatic rings. The zero-order valence-corrected chi connectivity index (χ0v) is 11.2. The zero-order chi connectivity index (χ0) is 13.0. The Bertz CT molecular complexity index is 434. The molecular weight excluding hydrogens is 248 g/mol. The number of hydrogen-bond donors (Lipinski definition) is 1. The van der Waals surface area contributed by atoms with Crippen molar-refractivity contribution in [3.05, 3.63) is 28.8 Å². The molecule has 1 amide bonds. The molecule has 0 radical (unpaired) electrons. The van der Waals surface area contributed by atoms with Gasteiger partial charge in [0.1, 0.15) is 0 Å². The first-order chi connectivity index (χ1) is 8.66. The van der Waals surface area contributed by atoms with Gasteiger partial charge in [-0.25, -0.2) is 0 Å².